The number of hydrogen-bond acceptors (Lipinski definition) is 4. The largest absolute Gasteiger partial charge is 0.478 e. The average Bonchev–Trinajstić information content (AvgIpc) is 3.22. The molecule has 1 saturated carbocycles. The van der Waals surface area contributed by atoms with E-state index in [2.05, 4.69) is 0 Å². The molecule has 3 rings (SSSR count). The first-order chi connectivity index (χ1) is 11.2. The Morgan fingerprint density at radius 3 is 2.54 bits per heavy atom. The zero-order valence-corrected chi connectivity index (χ0v) is 14.4. The number of benzene rings is 1. The van der Waals surface area contributed by atoms with Crippen LogP contribution in [0.25, 0.3) is 0 Å². The van der Waals surface area contributed by atoms with Crippen LogP contribution in [-0.4, -0.2) is 48.9 Å². The van der Waals surface area contributed by atoms with E-state index < -0.39 is 15.8 Å². The number of carbonyl (C=O) groups is 2. The Bertz CT molecular complexity index is 795. The lowest BCUT2D eigenvalue weighted by atomic mass is 9.96. The number of carboxylic acids is 1. The maximum Gasteiger partial charge on any atom is 0.335 e. The molecule has 24 heavy (non-hydrogen) atoms. The minimum atomic E-state index is -3.10. The standard InChI is InChI=1S/C17H21NO5S/c1-24(22,23)11-17(5-6-17)9-15(19)18-7-4-12-2-3-13(16(20)21)8-14(12)10-18/h2-3,8H,4-7,9-11H2,1H3,(H,20,21). The number of carboxylic acid groups (broad SMARTS) is 1. The molecule has 1 aliphatic heterocycles. The first-order valence-corrected chi connectivity index (χ1v) is 10.0. The summed E-state index contributed by atoms with van der Waals surface area (Å²) in [4.78, 5) is 25.4. The Balaban J connectivity index is 1.70. The van der Waals surface area contributed by atoms with Crippen LogP contribution < -0.4 is 0 Å². The number of amides is 1. The summed E-state index contributed by atoms with van der Waals surface area (Å²) in [5.41, 5.74) is 1.77. The van der Waals surface area contributed by atoms with Crippen LogP contribution in [0.3, 0.4) is 0 Å². The highest BCUT2D eigenvalue weighted by Gasteiger charge is 2.47. The molecule has 1 N–H and O–H groups in total. The smallest absolute Gasteiger partial charge is 0.335 e. The summed E-state index contributed by atoms with van der Waals surface area (Å²) in [7, 11) is -3.10. The summed E-state index contributed by atoms with van der Waals surface area (Å²) < 4.78 is 23.1. The van der Waals surface area contributed by atoms with Crippen LogP contribution in [0.4, 0.5) is 0 Å². The summed E-state index contributed by atoms with van der Waals surface area (Å²) in [5, 5.41) is 9.09. The molecule has 0 unspecified atom stereocenters. The van der Waals surface area contributed by atoms with E-state index in [1.807, 2.05) is 6.07 Å². The maximum absolute atomic E-state index is 12.6. The fourth-order valence-electron chi connectivity index (χ4n) is 3.44. The van der Waals surface area contributed by atoms with Crippen molar-refractivity contribution < 1.29 is 23.1 Å². The molecule has 0 saturated heterocycles. The zero-order chi connectivity index (χ0) is 17.5. The number of fused-ring (bicyclic) bond motifs is 1. The van der Waals surface area contributed by atoms with Crippen LogP contribution in [0.5, 0.6) is 0 Å². The fourth-order valence-corrected chi connectivity index (χ4v) is 4.94. The highest BCUT2D eigenvalue weighted by Crippen LogP contribution is 2.50. The summed E-state index contributed by atoms with van der Waals surface area (Å²) in [6.45, 7) is 0.984. The van der Waals surface area contributed by atoms with E-state index in [9.17, 15) is 18.0 Å². The van der Waals surface area contributed by atoms with Gasteiger partial charge in [0.1, 0.15) is 9.84 Å². The lowest BCUT2D eigenvalue weighted by Crippen LogP contribution is -2.38. The molecule has 6 nitrogen and oxygen atoms in total. The van der Waals surface area contributed by atoms with Gasteiger partial charge in [0.25, 0.3) is 0 Å². The van der Waals surface area contributed by atoms with E-state index in [1.165, 1.54) is 6.26 Å². The summed E-state index contributed by atoms with van der Waals surface area (Å²) in [6, 6.07) is 5.02. The molecule has 0 radical (unpaired) electrons. The third-order valence-electron chi connectivity index (χ3n) is 4.87. The lowest BCUT2D eigenvalue weighted by molar-refractivity contribution is -0.133. The van der Waals surface area contributed by atoms with E-state index in [0.29, 0.717) is 19.5 Å². The van der Waals surface area contributed by atoms with Crippen molar-refractivity contribution in [2.24, 2.45) is 5.41 Å². The number of hydrogen-bond donors (Lipinski definition) is 1. The van der Waals surface area contributed by atoms with Gasteiger partial charge in [0.2, 0.25) is 5.91 Å². The van der Waals surface area contributed by atoms with Crippen LogP contribution in [0.2, 0.25) is 0 Å². The van der Waals surface area contributed by atoms with Crippen LogP contribution >= 0.6 is 0 Å². The molecule has 1 aromatic rings. The van der Waals surface area contributed by atoms with Crippen LogP contribution in [0.15, 0.2) is 18.2 Å². The average molecular weight is 351 g/mol. The Kier molecular flexibility index (Phi) is 4.15. The third kappa shape index (κ3) is 3.77. The van der Waals surface area contributed by atoms with Gasteiger partial charge >= 0.3 is 5.97 Å². The normalized spacial score (nSPS) is 18.8. The van der Waals surface area contributed by atoms with Gasteiger partial charge in [-0.3, -0.25) is 4.79 Å². The molecule has 130 valence electrons. The fraction of sp³-hybridized carbons (Fsp3) is 0.529. The zero-order valence-electron chi connectivity index (χ0n) is 13.6. The van der Waals surface area contributed by atoms with Crippen LogP contribution in [-0.2, 0) is 27.6 Å². The lowest BCUT2D eigenvalue weighted by Gasteiger charge is -2.30. The molecular weight excluding hydrogens is 330 g/mol. The minimum absolute atomic E-state index is 0.0393. The predicted molar refractivity (Wildman–Crippen MR) is 88.5 cm³/mol. The number of sulfone groups is 1. The Labute approximate surface area is 141 Å². The summed E-state index contributed by atoms with van der Waals surface area (Å²) in [6.07, 6.45) is 3.72. The van der Waals surface area contributed by atoms with Crippen LogP contribution in [0, 0.1) is 5.41 Å². The first-order valence-electron chi connectivity index (χ1n) is 7.98. The molecule has 0 bridgehead atoms. The van der Waals surface area contributed by atoms with E-state index in [0.717, 1.165) is 24.0 Å². The van der Waals surface area contributed by atoms with E-state index in [1.54, 1.807) is 17.0 Å². The quantitative estimate of drug-likeness (QED) is 0.868. The number of aromatic carboxylic acids is 1. The van der Waals surface area contributed by atoms with Crippen molar-refractivity contribution in [2.45, 2.75) is 32.2 Å². The van der Waals surface area contributed by atoms with Gasteiger partial charge in [0.15, 0.2) is 0 Å². The molecule has 7 heteroatoms. The highest BCUT2D eigenvalue weighted by molar-refractivity contribution is 7.90. The molecule has 1 amide bonds. The second-order valence-electron chi connectivity index (χ2n) is 7.10. The number of rotatable bonds is 5. The van der Waals surface area contributed by atoms with Gasteiger partial charge < -0.3 is 10.0 Å². The van der Waals surface area contributed by atoms with Gasteiger partial charge in [-0.2, -0.15) is 0 Å². The minimum Gasteiger partial charge on any atom is -0.478 e. The van der Waals surface area contributed by atoms with Crippen molar-refractivity contribution >= 4 is 21.7 Å². The van der Waals surface area contributed by atoms with Crippen molar-refractivity contribution in [2.75, 3.05) is 18.6 Å². The second-order valence-corrected chi connectivity index (χ2v) is 9.24. The molecule has 0 spiro atoms. The summed E-state index contributed by atoms with van der Waals surface area (Å²) in [5.74, 6) is -0.951. The molecule has 0 aromatic heterocycles. The third-order valence-corrected chi connectivity index (χ3v) is 6.01. The molecule has 2 aliphatic rings. The molecule has 1 aromatic carbocycles. The number of nitrogens with zero attached hydrogens (tertiary/aromatic N) is 1. The van der Waals surface area contributed by atoms with Gasteiger partial charge in [-0.15, -0.1) is 0 Å². The first kappa shape index (κ1) is 17.0. The summed E-state index contributed by atoms with van der Waals surface area (Å²) >= 11 is 0. The Morgan fingerprint density at radius 1 is 1.25 bits per heavy atom. The van der Waals surface area contributed by atoms with E-state index in [4.69, 9.17) is 5.11 Å². The molecule has 1 fully saturated rings. The number of carbonyl (C=O) groups excluding carboxylic acids is 1. The molecule has 1 heterocycles. The van der Waals surface area contributed by atoms with E-state index in [-0.39, 0.29) is 29.1 Å². The van der Waals surface area contributed by atoms with Gasteiger partial charge in [0.05, 0.1) is 11.3 Å². The molecular formula is C17H21NO5S. The van der Waals surface area contributed by atoms with Crippen molar-refractivity contribution in [1.29, 1.82) is 0 Å². The van der Waals surface area contributed by atoms with Gasteiger partial charge in [-0.1, -0.05) is 6.07 Å². The van der Waals surface area contributed by atoms with Gasteiger partial charge in [-0.05, 0) is 47.9 Å². The highest BCUT2D eigenvalue weighted by atomic mass is 32.2. The van der Waals surface area contributed by atoms with E-state index >= 15 is 0 Å². The topological polar surface area (TPSA) is 91.8 Å². The van der Waals surface area contributed by atoms with Gasteiger partial charge in [0, 0.05) is 25.8 Å². The van der Waals surface area contributed by atoms with Crippen molar-refractivity contribution in [3.63, 3.8) is 0 Å². The van der Waals surface area contributed by atoms with Crippen molar-refractivity contribution in [3.8, 4) is 0 Å². The molecule has 1 aliphatic carbocycles. The van der Waals surface area contributed by atoms with Crippen molar-refractivity contribution in [3.05, 3.63) is 34.9 Å². The van der Waals surface area contributed by atoms with Crippen molar-refractivity contribution in [1.82, 2.24) is 4.90 Å². The SMILES string of the molecule is CS(=O)(=O)CC1(CC(=O)N2CCc3ccc(C(=O)O)cc3C2)CC1. The maximum atomic E-state index is 12.6. The Morgan fingerprint density at radius 2 is 1.96 bits per heavy atom. The van der Waals surface area contributed by atoms with Crippen LogP contribution in [0.1, 0.15) is 40.7 Å². The Hall–Kier alpha value is -1.89. The van der Waals surface area contributed by atoms with Gasteiger partial charge in [-0.25, -0.2) is 13.2 Å². The second kappa shape index (κ2) is 5.88. The predicted octanol–water partition coefficient (Wildman–Crippen LogP) is 1.48. The molecule has 0 atom stereocenters. The monoisotopic (exact) mass is 351 g/mol.